The van der Waals surface area contributed by atoms with Crippen molar-refractivity contribution in [3.05, 3.63) is 16.9 Å². The van der Waals surface area contributed by atoms with Crippen LogP contribution < -0.4 is 5.32 Å². The standard InChI is InChI=1S/C9H12ClN3S.ClH/c1-6-4-8(10)13-9(12-6)14-7-2-3-11-5-7;/h4,7,11H,2-3,5H2,1H3;1H. The van der Waals surface area contributed by atoms with Crippen molar-refractivity contribution in [3.8, 4) is 0 Å². The maximum atomic E-state index is 5.86. The van der Waals surface area contributed by atoms with E-state index in [4.69, 9.17) is 11.6 Å². The van der Waals surface area contributed by atoms with Crippen LogP contribution in [0.2, 0.25) is 5.15 Å². The second kappa shape index (κ2) is 5.89. The number of aryl methyl sites for hydroxylation is 1. The van der Waals surface area contributed by atoms with Crippen molar-refractivity contribution >= 4 is 35.8 Å². The minimum Gasteiger partial charge on any atom is -0.316 e. The molecule has 0 spiro atoms. The van der Waals surface area contributed by atoms with Gasteiger partial charge in [0.05, 0.1) is 0 Å². The van der Waals surface area contributed by atoms with Gasteiger partial charge in [0.25, 0.3) is 0 Å². The topological polar surface area (TPSA) is 37.8 Å². The van der Waals surface area contributed by atoms with Gasteiger partial charge in [0, 0.05) is 17.5 Å². The summed E-state index contributed by atoms with van der Waals surface area (Å²) in [5.74, 6) is 0. The first-order valence-corrected chi connectivity index (χ1v) is 5.88. The maximum Gasteiger partial charge on any atom is 0.189 e. The Morgan fingerprint density at radius 3 is 2.93 bits per heavy atom. The lowest BCUT2D eigenvalue weighted by molar-refractivity contribution is 0.857. The van der Waals surface area contributed by atoms with Crippen molar-refractivity contribution in [1.82, 2.24) is 15.3 Å². The number of thioether (sulfide) groups is 1. The van der Waals surface area contributed by atoms with Crippen LogP contribution >= 0.6 is 35.8 Å². The summed E-state index contributed by atoms with van der Waals surface area (Å²) in [5, 5.41) is 5.23. The lowest BCUT2D eigenvalue weighted by Gasteiger charge is -2.06. The second-order valence-electron chi connectivity index (χ2n) is 3.35. The SMILES string of the molecule is Cc1cc(Cl)nc(SC2CCNC2)n1.Cl. The Kier molecular flexibility index (Phi) is 5.12. The number of halogens is 2. The summed E-state index contributed by atoms with van der Waals surface area (Å²) in [5.41, 5.74) is 0.929. The summed E-state index contributed by atoms with van der Waals surface area (Å²) < 4.78 is 0. The maximum absolute atomic E-state index is 5.86. The Labute approximate surface area is 105 Å². The predicted molar refractivity (Wildman–Crippen MR) is 66.2 cm³/mol. The first-order valence-electron chi connectivity index (χ1n) is 4.62. The molecule has 1 atom stereocenters. The fourth-order valence-corrected chi connectivity index (χ4v) is 2.81. The molecule has 0 bridgehead atoms. The normalized spacial score (nSPS) is 20.0. The average Bonchev–Trinajstić information content (AvgIpc) is 2.54. The van der Waals surface area contributed by atoms with E-state index in [1.165, 1.54) is 6.42 Å². The minimum absolute atomic E-state index is 0. The molecule has 1 aliphatic rings. The second-order valence-corrected chi connectivity index (χ2v) is 5.00. The molecule has 1 aliphatic heterocycles. The van der Waals surface area contributed by atoms with Crippen LogP contribution in [-0.2, 0) is 0 Å². The van der Waals surface area contributed by atoms with Gasteiger partial charge in [-0.3, -0.25) is 0 Å². The number of hydrogen-bond donors (Lipinski definition) is 1. The van der Waals surface area contributed by atoms with E-state index < -0.39 is 0 Å². The van der Waals surface area contributed by atoms with Gasteiger partial charge in [-0.1, -0.05) is 23.4 Å². The number of aromatic nitrogens is 2. The first kappa shape index (κ1) is 13.0. The predicted octanol–water partition coefficient (Wildman–Crippen LogP) is 2.31. The first-order chi connectivity index (χ1) is 6.74. The summed E-state index contributed by atoms with van der Waals surface area (Å²) in [6.07, 6.45) is 1.18. The number of nitrogens with zero attached hydrogens (tertiary/aromatic N) is 2. The molecule has 1 N–H and O–H groups in total. The van der Waals surface area contributed by atoms with Gasteiger partial charge in [0.15, 0.2) is 5.16 Å². The highest BCUT2D eigenvalue weighted by Crippen LogP contribution is 2.24. The minimum atomic E-state index is 0. The molecule has 15 heavy (non-hydrogen) atoms. The van der Waals surface area contributed by atoms with Gasteiger partial charge in [-0.25, -0.2) is 9.97 Å². The van der Waals surface area contributed by atoms with E-state index in [9.17, 15) is 0 Å². The van der Waals surface area contributed by atoms with E-state index in [2.05, 4.69) is 15.3 Å². The molecule has 0 aliphatic carbocycles. The Morgan fingerprint density at radius 2 is 2.33 bits per heavy atom. The zero-order chi connectivity index (χ0) is 9.97. The van der Waals surface area contributed by atoms with E-state index in [1.54, 1.807) is 17.8 Å². The summed E-state index contributed by atoms with van der Waals surface area (Å²) in [4.78, 5) is 8.52. The average molecular weight is 266 g/mol. The third-order valence-electron chi connectivity index (χ3n) is 2.09. The molecule has 1 aromatic heterocycles. The van der Waals surface area contributed by atoms with Crippen molar-refractivity contribution in [2.24, 2.45) is 0 Å². The van der Waals surface area contributed by atoms with Crippen LogP contribution in [0.3, 0.4) is 0 Å². The lowest BCUT2D eigenvalue weighted by atomic mass is 10.4. The summed E-state index contributed by atoms with van der Waals surface area (Å²) in [6.45, 7) is 4.07. The van der Waals surface area contributed by atoms with Crippen molar-refractivity contribution in [1.29, 1.82) is 0 Å². The number of nitrogens with one attached hydrogen (secondary N) is 1. The quantitative estimate of drug-likeness (QED) is 0.658. The fraction of sp³-hybridized carbons (Fsp3) is 0.556. The molecule has 2 heterocycles. The lowest BCUT2D eigenvalue weighted by Crippen LogP contribution is -2.10. The van der Waals surface area contributed by atoms with Crippen molar-refractivity contribution in [2.75, 3.05) is 13.1 Å². The van der Waals surface area contributed by atoms with Gasteiger partial charge in [-0.05, 0) is 26.0 Å². The van der Waals surface area contributed by atoms with Crippen LogP contribution in [-0.4, -0.2) is 28.3 Å². The Morgan fingerprint density at radius 1 is 1.53 bits per heavy atom. The van der Waals surface area contributed by atoms with Crippen LogP contribution in [0.1, 0.15) is 12.1 Å². The highest BCUT2D eigenvalue weighted by Gasteiger charge is 2.17. The molecule has 1 aromatic rings. The van der Waals surface area contributed by atoms with E-state index in [1.807, 2.05) is 6.92 Å². The fourth-order valence-electron chi connectivity index (χ4n) is 1.43. The third-order valence-corrected chi connectivity index (χ3v) is 3.41. The molecule has 0 saturated carbocycles. The Balaban J connectivity index is 0.00000112. The molecular weight excluding hydrogens is 253 g/mol. The molecule has 0 amide bonds. The zero-order valence-electron chi connectivity index (χ0n) is 8.36. The molecule has 1 unspecified atom stereocenters. The molecule has 1 saturated heterocycles. The molecule has 0 aromatic carbocycles. The molecule has 84 valence electrons. The molecule has 6 heteroatoms. The summed E-state index contributed by atoms with van der Waals surface area (Å²) in [7, 11) is 0. The van der Waals surface area contributed by atoms with Gasteiger partial charge < -0.3 is 5.32 Å². The third kappa shape index (κ3) is 3.79. The van der Waals surface area contributed by atoms with Crippen LogP contribution in [0.4, 0.5) is 0 Å². The highest BCUT2D eigenvalue weighted by atomic mass is 35.5. The van der Waals surface area contributed by atoms with Crippen molar-refractivity contribution < 1.29 is 0 Å². The van der Waals surface area contributed by atoms with E-state index in [-0.39, 0.29) is 12.4 Å². The Hall–Kier alpha value is -0.0300. The van der Waals surface area contributed by atoms with Gasteiger partial charge in [-0.2, -0.15) is 0 Å². The summed E-state index contributed by atoms with van der Waals surface area (Å²) >= 11 is 7.57. The van der Waals surface area contributed by atoms with Crippen LogP contribution in [0.25, 0.3) is 0 Å². The van der Waals surface area contributed by atoms with Gasteiger partial charge in [-0.15, -0.1) is 12.4 Å². The Bertz CT molecular complexity index is 309. The molecule has 0 radical (unpaired) electrons. The van der Waals surface area contributed by atoms with E-state index >= 15 is 0 Å². The number of hydrogen-bond acceptors (Lipinski definition) is 4. The van der Waals surface area contributed by atoms with Crippen molar-refractivity contribution in [3.63, 3.8) is 0 Å². The highest BCUT2D eigenvalue weighted by molar-refractivity contribution is 7.99. The molecule has 1 fully saturated rings. The largest absolute Gasteiger partial charge is 0.316 e. The molecule has 2 rings (SSSR count). The molecule has 3 nitrogen and oxygen atoms in total. The van der Waals surface area contributed by atoms with Crippen LogP contribution in [0, 0.1) is 6.92 Å². The van der Waals surface area contributed by atoms with Crippen LogP contribution in [0.15, 0.2) is 11.2 Å². The van der Waals surface area contributed by atoms with Gasteiger partial charge >= 0.3 is 0 Å². The van der Waals surface area contributed by atoms with Crippen LogP contribution in [0.5, 0.6) is 0 Å². The van der Waals surface area contributed by atoms with Crippen molar-refractivity contribution in [2.45, 2.75) is 23.8 Å². The monoisotopic (exact) mass is 265 g/mol. The summed E-state index contributed by atoms with van der Waals surface area (Å²) in [6, 6.07) is 1.78. The van der Waals surface area contributed by atoms with E-state index in [0.717, 1.165) is 23.9 Å². The zero-order valence-corrected chi connectivity index (χ0v) is 10.8. The smallest absolute Gasteiger partial charge is 0.189 e. The van der Waals surface area contributed by atoms with Gasteiger partial charge in [0.2, 0.25) is 0 Å². The van der Waals surface area contributed by atoms with Gasteiger partial charge in [0.1, 0.15) is 5.15 Å². The molecular formula is C9H13Cl2N3S. The van der Waals surface area contributed by atoms with E-state index in [0.29, 0.717) is 10.4 Å². The number of rotatable bonds is 2.